The number of nitrogens with two attached hydrogens (primary N) is 2. The van der Waals surface area contributed by atoms with E-state index in [9.17, 15) is 0 Å². The largest absolute Gasteiger partial charge is 0.381 e. The second kappa shape index (κ2) is 9.19. The van der Waals surface area contributed by atoms with Gasteiger partial charge in [-0.2, -0.15) is 0 Å². The number of hydrogen-bond donors (Lipinski definition) is 2. The van der Waals surface area contributed by atoms with Crippen LogP contribution < -0.4 is 11.5 Å². The fraction of sp³-hybridized carbons (Fsp3) is 0.500. The molecule has 0 aromatic heterocycles. The van der Waals surface area contributed by atoms with Gasteiger partial charge in [0.05, 0.1) is 13.2 Å². The number of fused-ring (bicyclic) bond motifs is 1. The highest BCUT2D eigenvalue weighted by atomic mass is 16.5. The third kappa shape index (κ3) is 3.62. The summed E-state index contributed by atoms with van der Waals surface area (Å²) in [5.41, 5.74) is 17.2. The highest BCUT2D eigenvalue weighted by molar-refractivity contribution is 5.56. The third-order valence-electron chi connectivity index (χ3n) is 6.34. The van der Waals surface area contributed by atoms with Crippen LogP contribution in [0.5, 0.6) is 0 Å². The van der Waals surface area contributed by atoms with Crippen molar-refractivity contribution in [2.24, 2.45) is 23.3 Å². The van der Waals surface area contributed by atoms with Gasteiger partial charge in [-0.05, 0) is 60.0 Å². The zero-order chi connectivity index (χ0) is 19.3. The molecule has 2 atom stereocenters. The van der Waals surface area contributed by atoms with E-state index in [0.717, 1.165) is 39.3 Å². The molecule has 3 aliphatic carbocycles. The molecule has 0 aliphatic heterocycles. The summed E-state index contributed by atoms with van der Waals surface area (Å²) in [6.45, 7) is 4.33. The molecule has 3 aliphatic rings. The molecule has 0 heterocycles. The molecule has 5 rings (SSSR count). The molecule has 0 saturated carbocycles. The Balaban J connectivity index is 1.67. The van der Waals surface area contributed by atoms with Gasteiger partial charge < -0.3 is 20.9 Å². The van der Waals surface area contributed by atoms with Gasteiger partial charge in [-0.25, -0.2) is 0 Å². The van der Waals surface area contributed by atoms with Gasteiger partial charge in [0.2, 0.25) is 0 Å². The van der Waals surface area contributed by atoms with Crippen molar-refractivity contribution in [2.75, 3.05) is 39.5 Å². The predicted octanol–water partition coefficient (Wildman–Crippen LogP) is 3.24. The predicted molar refractivity (Wildman–Crippen MR) is 113 cm³/mol. The first kappa shape index (κ1) is 19.6. The average molecular weight is 381 g/mol. The molecule has 0 amide bonds. The van der Waals surface area contributed by atoms with Gasteiger partial charge >= 0.3 is 0 Å². The van der Waals surface area contributed by atoms with Crippen molar-refractivity contribution in [3.63, 3.8) is 0 Å². The Morgan fingerprint density at radius 2 is 0.964 bits per heavy atom. The summed E-state index contributed by atoms with van der Waals surface area (Å²) in [6.07, 6.45) is 1.82. The summed E-state index contributed by atoms with van der Waals surface area (Å²) in [6, 6.07) is 17.9. The van der Waals surface area contributed by atoms with Crippen molar-refractivity contribution in [2.45, 2.75) is 24.7 Å². The van der Waals surface area contributed by atoms with Crippen LogP contribution >= 0.6 is 0 Å². The Kier molecular flexibility index (Phi) is 6.43. The lowest BCUT2D eigenvalue weighted by atomic mass is 9.54. The smallest absolute Gasteiger partial charge is 0.0507 e. The Bertz CT molecular complexity index is 667. The quantitative estimate of drug-likeness (QED) is 0.621. The Morgan fingerprint density at radius 1 is 0.607 bits per heavy atom. The first-order valence-electron chi connectivity index (χ1n) is 10.6. The van der Waals surface area contributed by atoms with E-state index in [1.807, 2.05) is 0 Å². The van der Waals surface area contributed by atoms with Gasteiger partial charge in [0.15, 0.2) is 0 Å². The van der Waals surface area contributed by atoms with Crippen LogP contribution in [0.15, 0.2) is 48.5 Å². The second-order valence-corrected chi connectivity index (χ2v) is 7.98. The molecule has 0 radical (unpaired) electrons. The van der Waals surface area contributed by atoms with Crippen LogP contribution in [0.4, 0.5) is 0 Å². The molecule has 4 N–H and O–H groups in total. The summed E-state index contributed by atoms with van der Waals surface area (Å²) in [4.78, 5) is 0. The van der Waals surface area contributed by atoms with E-state index in [1.165, 1.54) is 22.3 Å². The summed E-state index contributed by atoms with van der Waals surface area (Å²) in [7, 11) is 0. The van der Waals surface area contributed by atoms with Crippen molar-refractivity contribution in [3.05, 3.63) is 70.8 Å². The van der Waals surface area contributed by atoms with Crippen LogP contribution in [0, 0.1) is 11.8 Å². The van der Waals surface area contributed by atoms with E-state index in [4.69, 9.17) is 20.9 Å². The van der Waals surface area contributed by atoms with Crippen molar-refractivity contribution >= 4 is 0 Å². The highest BCUT2D eigenvalue weighted by Gasteiger charge is 2.49. The van der Waals surface area contributed by atoms with Gasteiger partial charge in [-0.1, -0.05) is 48.5 Å². The van der Waals surface area contributed by atoms with E-state index in [2.05, 4.69) is 48.5 Å². The maximum absolute atomic E-state index is 6.10. The molecular weight excluding hydrogens is 348 g/mol. The Morgan fingerprint density at radius 3 is 1.29 bits per heavy atom. The van der Waals surface area contributed by atoms with E-state index < -0.39 is 0 Å². The van der Waals surface area contributed by atoms with Crippen LogP contribution in [0.25, 0.3) is 0 Å². The third-order valence-corrected chi connectivity index (χ3v) is 6.34. The normalized spacial score (nSPS) is 24.8. The zero-order valence-electron chi connectivity index (χ0n) is 16.6. The molecule has 0 saturated heterocycles. The topological polar surface area (TPSA) is 70.5 Å². The minimum Gasteiger partial charge on any atom is -0.381 e. The number of ether oxygens (including phenoxy) is 2. The van der Waals surface area contributed by atoms with Crippen molar-refractivity contribution in [1.82, 2.24) is 0 Å². The number of rotatable bonds is 10. The number of hydrogen-bond acceptors (Lipinski definition) is 4. The maximum Gasteiger partial charge on any atom is 0.0507 e. The van der Waals surface area contributed by atoms with Gasteiger partial charge in [0.25, 0.3) is 0 Å². The lowest BCUT2D eigenvalue weighted by molar-refractivity contribution is 0.00954. The first-order chi connectivity index (χ1) is 13.9. The minimum absolute atomic E-state index is 0.374. The molecule has 4 nitrogen and oxygen atoms in total. The summed E-state index contributed by atoms with van der Waals surface area (Å²) in [5, 5.41) is 0. The van der Waals surface area contributed by atoms with Crippen LogP contribution in [0.2, 0.25) is 0 Å². The second-order valence-electron chi connectivity index (χ2n) is 7.98. The van der Waals surface area contributed by atoms with Crippen molar-refractivity contribution in [3.8, 4) is 0 Å². The summed E-state index contributed by atoms with van der Waals surface area (Å²) >= 11 is 0. The van der Waals surface area contributed by atoms with Crippen LogP contribution in [-0.2, 0) is 9.47 Å². The molecule has 0 unspecified atom stereocenters. The standard InChI is InChI=1S/C24H32N2O2/c25-11-5-13-27-15-21-22(16-28-14-6-12-26)24-18-8-2-1-7-17(18)23(21)19-9-3-4-10-20(19)24/h1-4,7-10,21-24H,5-6,11-16,25-26H2/t21-,22+,23?,24?. The molecular formula is C24H32N2O2. The summed E-state index contributed by atoms with van der Waals surface area (Å²) in [5.74, 6) is 1.59. The fourth-order valence-corrected chi connectivity index (χ4v) is 5.16. The molecule has 150 valence electrons. The lowest BCUT2D eigenvalue weighted by Crippen LogP contribution is -2.44. The van der Waals surface area contributed by atoms with Gasteiger partial charge in [-0.15, -0.1) is 0 Å². The molecule has 4 heteroatoms. The molecule has 28 heavy (non-hydrogen) atoms. The van der Waals surface area contributed by atoms with E-state index in [-0.39, 0.29) is 0 Å². The zero-order valence-corrected chi connectivity index (χ0v) is 16.6. The lowest BCUT2D eigenvalue weighted by Gasteiger charge is -2.50. The Labute approximate surface area is 168 Å². The van der Waals surface area contributed by atoms with E-state index in [0.29, 0.717) is 36.8 Å². The van der Waals surface area contributed by atoms with Crippen molar-refractivity contribution in [1.29, 1.82) is 0 Å². The molecule has 2 bridgehead atoms. The van der Waals surface area contributed by atoms with Crippen molar-refractivity contribution < 1.29 is 9.47 Å². The first-order valence-corrected chi connectivity index (χ1v) is 10.6. The average Bonchev–Trinajstić information content (AvgIpc) is 2.74. The van der Waals surface area contributed by atoms with Gasteiger partial charge in [0.1, 0.15) is 0 Å². The molecule has 0 fully saturated rings. The fourth-order valence-electron chi connectivity index (χ4n) is 5.16. The molecule has 0 spiro atoms. The molecule has 2 aromatic rings. The van der Waals surface area contributed by atoms with E-state index in [1.54, 1.807) is 0 Å². The van der Waals surface area contributed by atoms with Gasteiger partial charge in [0, 0.05) is 25.0 Å². The summed E-state index contributed by atoms with van der Waals surface area (Å²) < 4.78 is 12.2. The molecule has 2 aromatic carbocycles. The van der Waals surface area contributed by atoms with Crippen LogP contribution in [0.3, 0.4) is 0 Å². The highest BCUT2D eigenvalue weighted by Crippen LogP contribution is 2.58. The van der Waals surface area contributed by atoms with Crippen LogP contribution in [0.1, 0.15) is 46.9 Å². The SMILES string of the molecule is NCCCOC[C@@H]1C2c3ccccc3C(c3ccccc32)[C@@H]1COCCCN. The minimum atomic E-state index is 0.374. The van der Waals surface area contributed by atoms with Crippen LogP contribution in [-0.4, -0.2) is 39.5 Å². The van der Waals surface area contributed by atoms with Gasteiger partial charge in [-0.3, -0.25) is 0 Å². The van der Waals surface area contributed by atoms with E-state index >= 15 is 0 Å². The monoisotopic (exact) mass is 380 g/mol. The maximum atomic E-state index is 6.10. The Hall–Kier alpha value is -1.72. The number of benzene rings is 2.